The highest BCUT2D eigenvalue weighted by molar-refractivity contribution is 5.50. The van der Waals surface area contributed by atoms with E-state index in [1.54, 1.807) is 6.07 Å². The summed E-state index contributed by atoms with van der Waals surface area (Å²) < 4.78 is 14.2. The summed E-state index contributed by atoms with van der Waals surface area (Å²) in [6.45, 7) is 7.26. The van der Waals surface area contributed by atoms with Crippen molar-refractivity contribution >= 4 is 5.69 Å². The lowest BCUT2D eigenvalue weighted by molar-refractivity contribution is 0.374. The Labute approximate surface area is 109 Å². The van der Waals surface area contributed by atoms with Crippen LogP contribution < -0.4 is 10.6 Å². The van der Waals surface area contributed by atoms with E-state index in [2.05, 4.69) is 18.7 Å². The summed E-state index contributed by atoms with van der Waals surface area (Å²) in [7, 11) is 0. The molecule has 2 N–H and O–H groups in total. The van der Waals surface area contributed by atoms with Crippen LogP contribution in [0.3, 0.4) is 0 Å². The van der Waals surface area contributed by atoms with Crippen LogP contribution in [0.1, 0.15) is 45.2 Å². The van der Waals surface area contributed by atoms with Gasteiger partial charge in [-0.2, -0.15) is 0 Å². The van der Waals surface area contributed by atoms with Crippen molar-refractivity contribution in [2.75, 3.05) is 11.4 Å². The van der Waals surface area contributed by atoms with Crippen LogP contribution in [0.5, 0.6) is 0 Å². The van der Waals surface area contributed by atoms with Gasteiger partial charge in [0.1, 0.15) is 5.82 Å². The van der Waals surface area contributed by atoms with E-state index in [1.165, 1.54) is 0 Å². The van der Waals surface area contributed by atoms with Crippen LogP contribution in [0.2, 0.25) is 0 Å². The van der Waals surface area contributed by atoms with E-state index < -0.39 is 0 Å². The van der Waals surface area contributed by atoms with Crippen molar-refractivity contribution in [3.05, 3.63) is 29.6 Å². The third-order valence-electron chi connectivity index (χ3n) is 3.95. The number of benzene rings is 1. The molecule has 2 nitrogen and oxygen atoms in total. The van der Waals surface area contributed by atoms with E-state index in [0.717, 1.165) is 36.6 Å². The van der Waals surface area contributed by atoms with Crippen LogP contribution >= 0.6 is 0 Å². The number of rotatable bonds is 2. The molecule has 0 aromatic heterocycles. The number of piperidine rings is 1. The van der Waals surface area contributed by atoms with E-state index in [4.69, 9.17) is 5.73 Å². The zero-order valence-electron chi connectivity index (χ0n) is 11.5. The molecule has 1 saturated heterocycles. The number of nitrogens with two attached hydrogens (primary N) is 1. The van der Waals surface area contributed by atoms with Gasteiger partial charge >= 0.3 is 0 Å². The molecule has 1 fully saturated rings. The second-order valence-electron chi connectivity index (χ2n) is 5.67. The second kappa shape index (κ2) is 5.27. The number of anilines is 1. The highest BCUT2D eigenvalue weighted by atomic mass is 19.1. The maximum absolute atomic E-state index is 14.2. The lowest BCUT2D eigenvalue weighted by Crippen LogP contribution is -2.40. The van der Waals surface area contributed by atoms with E-state index >= 15 is 0 Å². The van der Waals surface area contributed by atoms with Gasteiger partial charge in [-0.3, -0.25) is 0 Å². The normalized spacial score (nSPS) is 26.2. The van der Waals surface area contributed by atoms with Crippen LogP contribution in [0.15, 0.2) is 18.2 Å². The predicted molar refractivity (Wildman–Crippen MR) is 74.2 cm³/mol. The minimum atomic E-state index is -0.147. The van der Waals surface area contributed by atoms with Gasteiger partial charge in [-0.15, -0.1) is 0 Å². The van der Waals surface area contributed by atoms with Crippen molar-refractivity contribution in [1.82, 2.24) is 0 Å². The third kappa shape index (κ3) is 2.66. The van der Waals surface area contributed by atoms with Gasteiger partial charge in [0, 0.05) is 18.6 Å². The fourth-order valence-electron chi connectivity index (χ4n) is 2.80. The SMILES string of the molecule is CC1CCN(c2ccc(C(C)N)cc2F)C(C)C1. The number of hydrogen-bond acceptors (Lipinski definition) is 2. The zero-order chi connectivity index (χ0) is 13.3. The summed E-state index contributed by atoms with van der Waals surface area (Å²) in [5, 5.41) is 0. The quantitative estimate of drug-likeness (QED) is 0.871. The average molecular weight is 250 g/mol. The molecule has 1 aromatic carbocycles. The van der Waals surface area contributed by atoms with Crippen LogP contribution in [0, 0.1) is 11.7 Å². The molecular formula is C15H23FN2. The fraction of sp³-hybridized carbons (Fsp3) is 0.600. The highest BCUT2D eigenvalue weighted by Gasteiger charge is 2.25. The predicted octanol–water partition coefficient (Wildman–Crippen LogP) is 3.47. The summed E-state index contributed by atoms with van der Waals surface area (Å²) in [6, 6.07) is 5.68. The van der Waals surface area contributed by atoms with Gasteiger partial charge in [-0.05, 0) is 50.3 Å². The molecule has 0 radical (unpaired) electrons. The van der Waals surface area contributed by atoms with E-state index in [0.29, 0.717) is 6.04 Å². The highest BCUT2D eigenvalue weighted by Crippen LogP contribution is 2.30. The van der Waals surface area contributed by atoms with Gasteiger partial charge in [-0.25, -0.2) is 4.39 Å². The lowest BCUT2D eigenvalue weighted by atomic mass is 9.92. The Morgan fingerprint density at radius 3 is 2.67 bits per heavy atom. The van der Waals surface area contributed by atoms with Gasteiger partial charge in [0.15, 0.2) is 0 Å². The van der Waals surface area contributed by atoms with Crippen molar-refractivity contribution in [1.29, 1.82) is 0 Å². The average Bonchev–Trinajstić information content (AvgIpc) is 2.30. The van der Waals surface area contributed by atoms with Gasteiger partial charge in [0.2, 0.25) is 0 Å². The number of nitrogens with zero attached hydrogens (tertiary/aromatic N) is 1. The van der Waals surface area contributed by atoms with E-state index in [-0.39, 0.29) is 11.9 Å². The summed E-state index contributed by atoms with van der Waals surface area (Å²) in [5.41, 5.74) is 7.35. The van der Waals surface area contributed by atoms with Crippen molar-refractivity contribution in [3.8, 4) is 0 Å². The Kier molecular flexibility index (Phi) is 3.91. The van der Waals surface area contributed by atoms with E-state index in [1.807, 2.05) is 19.1 Å². The molecule has 0 spiro atoms. The minimum absolute atomic E-state index is 0.118. The van der Waals surface area contributed by atoms with E-state index in [9.17, 15) is 4.39 Å². The van der Waals surface area contributed by atoms with Crippen LogP contribution in [-0.2, 0) is 0 Å². The number of halogens is 1. The molecular weight excluding hydrogens is 227 g/mol. The fourth-order valence-corrected chi connectivity index (χ4v) is 2.80. The maximum Gasteiger partial charge on any atom is 0.146 e. The molecule has 1 heterocycles. The molecule has 0 amide bonds. The first-order valence-electron chi connectivity index (χ1n) is 6.80. The van der Waals surface area contributed by atoms with Crippen molar-refractivity contribution < 1.29 is 4.39 Å². The van der Waals surface area contributed by atoms with Gasteiger partial charge in [-0.1, -0.05) is 13.0 Å². The van der Waals surface area contributed by atoms with Crippen LogP contribution in [0.25, 0.3) is 0 Å². The first-order valence-corrected chi connectivity index (χ1v) is 6.80. The smallest absolute Gasteiger partial charge is 0.146 e. The Bertz CT molecular complexity index is 417. The Hall–Kier alpha value is -1.09. The minimum Gasteiger partial charge on any atom is -0.366 e. The number of hydrogen-bond donors (Lipinski definition) is 1. The molecule has 0 aliphatic carbocycles. The molecule has 1 aliphatic heterocycles. The first-order chi connectivity index (χ1) is 8.49. The Morgan fingerprint density at radius 2 is 2.11 bits per heavy atom. The molecule has 0 bridgehead atoms. The lowest BCUT2D eigenvalue weighted by Gasteiger charge is -2.38. The topological polar surface area (TPSA) is 29.3 Å². The third-order valence-corrected chi connectivity index (χ3v) is 3.95. The molecule has 0 saturated carbocycles. The summed E-state index contributed by atoms with van der Waals surface area (Å²) >= 11 is 0. The Balaban J connectivity index is 2.23. The first kappa shape index (κ1) is 13.3. The molecule has 1 aromatic rings. The maximum atomic E-state index is 14.2. The van der Waals surface area contributed by atoms with Crippen LogP contribution in [-0.4, -0.2) is 12.6 Å². The van der Waals surface area contributed by atoms with Gasteiger partial charge in [0.05, 0.1) is 5.69 Å². The van der Waals surface area contributed by atoms with Gasteiger partial charge < -0.3 is 10.6 Å². The summed E-state index contributed by atoms with van der Waals surface area (Å²) in [5.74, 6) is 0.592. The largest absolute Gasteiger partial charge is 0.366 e. The summed E-state index contributed by atoms with van der Waals surface area (Å²) in [4.78, 5) is 2.18. The van der Waals surface area contributed by atoms with Crippen molar-refractivity contribution in [2.24, 2.45) is 11.7 Å². The zero-order valence-corrected chi connectivity index (χ0v) is 11.5. The van der Waals surface area contributed by atoms with Crippen LogP contribution in [0.4, 0.5) is 10.1 Å². The molecule has 18 heavy (non-hydrogen) atoms. The molecule has 3 heteroatoms. The van der Waals surface area contributed by atoms with Crippen molar-refractivity contribution in [2.45, 2.75) is 45.7 Å². The summed E-state index contributed by atoms with van der Waals surface area (Å²) in [6.07, 6.45) is 2.27. The monoisotopic (exact) mass is 250 g/mol. The Morgan fingerprint density at radius 1 is 1.39 bits per heavy atom. The molecule has 100 valence electrons. The molecule has 2 rings (SSSR count). The van der Waals surface area contributed by atoms with Crippen molar-refractivity contribution in [3.63, 3.8) is 0 Å². The molecule has 3 unspecified atom stereocenters. The molecule has 1 aliphatic rings. The molecule has 3 atom stereocenters. The second-order valence-corrected chi connectivity index (χ2v) is 5.67. The standard InChI is InChI=1S/C15H23FN2/c1-10-6-7-18(11(2)8-10)15-5-4-13(12(3)17)9-14(15)16/h4-5,9-12H,6-8,17H2,1-3H3. The van der Waals surface area contributed by atoms with Gasteiger partial charge in [0.25, 0.3) is 0 Å².